The first-order chi connectivity index (χ1) is 9.29. The van der Waals surface area contributed by atoms with E-state index in [9.17, 15) is 10.2 Å². The molecule has 19 heavy (non-hydrogen) atoms. The van der Waals surface area contributed by atoms with Crippen LogP contribution in [0.1, 0.15) is 11.1 Å². The van der Waals surface area contributed by atoms with Gasteiger partial charge in [0.1, 0.15) is 5.75 Å². The number of rotatable bonds is 5. The van der Waals surface area contributed by atoms with Gasteiger partial charge >= 0.3 is 0 Å². The van der Waals surface area contributed by atoms with Gasteiger partial charge in [0.2, 0.25) is 0 Å². The third kappa shape index (κ3) is 3.93. The predicted octanol–water partition coefficient (Wildman–Crippen LogP) is 2.41. The van der Waals surface area contributed by atoms with Gasteiger partial charge < -0.3 is 10.2 Å². The van der Waals surface area contributed by atoms with E-state index in [4.69, 9.17) is 0 Å². The molecule has 0 heterocycles. The van der Waals surface area contributed by atoms with E-state index in [1.807, 2.05) is 36.4 Å². The maximum absolute atomic E-state index is 9.63. The van der Waals surface area contributed by atoms with Crippen LogP contribution in [0.25, 0.3) is 0 Å². The Hall–Kier alpha value is -2.13. The first-order valence-corrected chi connectivity index (χ1v) is 6.25. The molecule has 2 aromatic rings. The molecule has 0 saturated carbocycles. The number of hydrogen-bond donors (Lipinski definition) is 2. The van der Waals surface area contributed by atoms with Crippen molar-refractivity contribution in [2.24, 2.45) is 4.99 Å². The molecule has 2 rings (SSSR count). The number of hydrogen-bond acceptors (Lipinski definition) is 3. The Bertz CT molecular complexity index is 537. The number of aliphatic imine (C=N–C) groups is 1. The molecule has 0 aliphatic carbocycles. The van der Waals surface area contributed by atoms with E-state index in [0.29, 0.717) is 12.0 Å². The van der Waals surface area contributed by atoms with Crippen molar-refractivity contribution < 1.29 is 10.2 Å². The van der Waals surface area contributed by atoms with Crippen LogP contribution >= 0.6 is 0 Å². The third-order valence-electron chi connectivity index (χ3n) is 2.89. The average Bonchev–Trinajstić information content (AvgIpc) is 2.46. The number of nitrogens with zero attached hydrogens (tertiary/aromatic N) is 1. The molecule has 2 N–H and O–H groups in total. The summed E-state index contributed by atoms with van der Waals surface area (Å²) in [5.41, 5.74) is 1.80. The van der Waals surface area contributed by atoms with Gasteiger partial charge in [0.15, 0.2) is 0 Å². The lowest BCUT2D eigenvalue weighted by Gasteiger charge is -2.09. The highest BCUT2D eigenvalue weighted by Gasteiger charge is 2.06. The molecule has 0 aliphatic heterocycles. The van der Waals surface area contributed by atoms with E-state index in [2.05, 4.69) is 4.99 Å². The molecule has 3 heteroatoms. The first-order valence-electron chi connectivity index (χ1n) is 6.25. The minimum absolute atomic E-state index is 0.0149. The largest absolute Gasteiger partial charge is 0.507 e. The van der Waals surface area contributed by atoms with E-state index in [-0.39, 0.29) is 18.4 Å². The number of benzene rings is 2. The van der Waals surface area contributed by atoms with Gasteiger partial charge in [-0.15, -0.1) is 0 Å². The summed E-state index contributed by atoms with van der Waals surface area (Å²) in [7, 11) is 0. The molecule has 0 aliphatic rings. The standard InChI is InChI=1S/C16H17NO2/c18-12-15(10-13-6-2-1-3-7-13)17-11-14-8-4-5-9-16(14)19/h1-9,11,15,18-19H,10,12H2/t15-/m0/s1. The molecule has 98 valence electrons. The molecule has 0 saturated heterocycles. The van der Waals surface area contributed by atoms with Crippen LogP contribution in [0.5, 0.6) is 5.75 Å². The Labute approximate surface area is 112 Å². The normalized spacial score (nSPS) is 12.7. The average molecular weight is 255 g/mol. The van der Waals surface area contributed by atoms with Crippen molar-refractivity contribution in [2.75, 3.05) is 6.61 Å². The molecule has 1 atom stereocenters. The highest BCUT2D eigenvalue weighted by atomic mass is 16.3. The van der Waals surface area contributed by atoms with Gasteiger partial charge in [-0.05, 0) is 24.1 Å². The Kier molecular flexibility index (Phi) is 4.70. The Balaban J connectivity index is 2.05. The summed E-state index contributed by atoms with van der Waals surface area (Å²) in [6.45, 7) is -0.0149. The lowest BCUT2D eigenvalue weighted by molar-refractivity contribution is 0.266. The topological polar surface area (TPSA) is 52.8 Å². The summed E-state index contributed by atoms with van der Waals surface area (Å²) in [4.78, 5) is 4.33. The summed E-state index contributed by atoms with van der Waals surface area (Å²) in [6.07, 6.45) is 2.29. The van der Waals surface area contributed by atoms with E-state index in [1.54, 1.807) is 24.4 Å². The van der Waals surface area contributed by atoms with Gasteiger partial charge in [0.05, 0.1) is 12.6 Å². The number of aliphatic hydroxyl groups is 1. The van der Waals surface area contributed by atoms with Gasteiger partial charge in [-0.2, -0.15) is 0 Å². The predicted molar refractivity (Wildman–Crippen MR) is 76.7 cm³/mol. The van der Waals surface area contributed by atoms with Crippen molar-refractivity contribution in [3.8, 4) is 5.75 Å². The Morgan fingerprint density at radius 3 is 2.37 bits per heavy atom. The second-order valence-corrected chi connectivity index (χ2v) is 4.36. The van der Waals surface area contributed by atoms with Crippen LogP contribution in [0.4, 0.5) is 0 Å². The molecule has 0 bridgehead atoms. The molecule has 2 aromatic carbocycles. The maximum atomic E-state index is 9.63. The van der Waals surface area contributed by atoms with Crippen molar-refractivity contribution in [3.05, 3.63) is 65.7 Å². The quantitative estimate of drug-likeness (QED) is 0.806. The van der Waals surface area contributed by atoms with Crippen molar-refractivity contribution in [2.45, 2.75) is 12.5 Å². The van der Waals surface area contributed by atoms with Gasteiger partial charge in [0, 0.05) is 11.8 Å². The van der Waals surface area contributed by atoms with Crippen LogP contribution in [0, 0.1) is 0 Å². The smallest absolute Gasteiger partial charge is 0.124 e. The van der Waals surface area contributed by atoms with Crippen molar-refractivity contribution in [3.63, 3.8) is 0 Å². The number of phenols is 1. The number of aliphatic hydroxyl groups excluding tert-OH is 1. The molecule has 0 amide bonds. The summed E-state index contributed by atoms with van der Waals surface area (Å²) in [5.74, 6) is 0.197. The fourth-order valence-electron chi connectivity index (χ4n) is 1.83. The Morgan fingerprint density at radius 2 is 1.68 bits per heavy atom. The summed E-state index contributed by atoms with van der Waals surface area (Å²) in [5, 5.41) is 19.0. The number of para-hydroxylation sites is 1. The highest BCUT2D eigenvalue weighted by Crippen LogP contribution is 2.13. The monoisotopic (exact) mass is 255 g/mol. The number of phenolic OH excluding ortho intramolecular Hbond substituents is 1. The lowest BCUT2D eigenvalue weighted by Crippen LogP contribution is -2.14. The highest BCUT2D eigenvalue weighted by molar-refractivity contribution is 5.83. The fourth-order valence-corrected chi connectivity index (χ4v) is 1.83. The van der Waals surface area contributed by atoms with E-state index >= 15 is 0 Å². The molecule has 0 aromatic heterocycles. The summed E-state index contributed by atoms with van der Waals surface area (Å²) >= 11 is 0. The van der Waals surface area contributed by atoms with Crippen LogP contribution in [0.2, 0.25) is 0 Å². The van der Waals surface area contributed by atoms with Crippen molar-refractivity contribution >= 4 is 6.21 Å². The van der Waals surface area contributed by atoms with E-state index < -0.39 is 0 Å². The molecule has 0 spiro atoms. The van der Waals surface area contributed by atoms with Crippen LogP contribution in [-0.2, 0) is 6.42 Å². The minimum atomic E-state index is -0.193. The molecule has 3 nitrogen and oxygen atoms in total. The molecule has 0 fully saturated rings. The molecule has 0 unspecified atom stereocenters. The van der Waals surface area contributed by atoms with Crippen LogP contribution in [0.3, 0.4) is 0 Å². The summed E-state index contributed by atoms with van der Waals surface area (Å²) < 4.78 is 0. The summed E-state index contributed by atoms with van der Waals surface area (Å²) in [6, 6.07) is 16.7. The SMILES string of the molecule is OC[C@H](Cc1ccccc1)N=Cc1ccccc1O. The molecular weight excluding hydrogens is 238 g/mol. The van der Waals surface area contributed by atoms with Crippen LogP contribution in [-0.4, -0.2) is 29.1 Å². The zero-order valence-electron chi connectivity index (χ0n) is 10.6. The van der Waals surface area contributed by atoms with Gasteiger partial charge in [-0.1, -0.05) is 42.5 Å². The number of aromatic hydroxyl groups is 1. The minimum Gasteiger partial charge on any atom is -0.507 e. The van der Waals surface area contributed by atoms with Crippen molar-refractivity contribution in [1.29, 1.82) is 0 Å². The lowest BCUT2D eigenvalue weighted by atomic mass is 10.1. The zero-order valence-corrected chi connectivity index (χ0v) is 10.6. The van der Waals surface area contributed by atoms with Crippen LogP contribution in [0.15, 0.2) is 59.6 Å². The van der Waals surface area contributed by atoms with Gasteiger partial charge in [-0.3, -0.25) is 4.99 Å². The van der Waals surface area contributed by atoms with Crippen LogP contribution < -0.4 is 0 Å². The second-order valence-electron chi connectivity index (χ2n) is 4.36. The van der Waals surface area contributed by atoms with Gasteiger partial charge in [-0.25, -0.2) is 0 Å². The molecule has 0 radical (unpaired) electrons. The fraction of sp³-hybridized carbons (Fsp3) is 0.188. The molecular formula is C16H17NO2. The van der Waals surface area contributed by atoms with Crippen molar-refractivity contribution in [1.82, 2.24) is 0 Å². The van der Waals surface area contributed by atoms with E-state index in [0.717, 1.165) is 5.56 Å². The van der Waals surface area contributed by atoms with E-state index in [1.165, 1.54) is 0 Å². The first kappa shape index (κ1) is 13.3. The van der Waals surface area contributed by atoms with Gasteiger partial charge in [0.25, 0.3) is 0 Å². The Morgan fingerprint density at radius 1 is 1.00 bits per heavy atom. The third-order valence-corrected chi connectivity index (χ3v) is 2.89. The second kappa shape index (κ2) is 6.71. The zero-order chi connectivity index (χ0) is 13.5. The maximum Gasteiger partial charge on any atom is 0.124 e.